The molecule has 14 heavy (non-hydrogen) atoms. The van der Waals surface area contributed by atoms with Crippen LogP contribution >= 0.6 is 0 Å². The number of primary amides is 1. The minimum absolute atomic E-state index is 0. The van der Waals surface area contributed by atoms with Crippen molar-refractivity contribution in [2.45, 2.75) is 18.9 Å². The fourth-order valence-corrected chi connectivity index (χ4v) is 0.697. The molecule has 8 heteroatoms. The van der Waals surface area contributed by atoms with Crippen LogP contribution in [0.5, 0.6) is 0 Å². The van der Waals surface area contributed by atoms with Crippen LogP contribution in [0.1, 0.15) is 12.8 Å². The predicted molar refractivity (Wildman–Crippen MR) is 41.0 cm³/mol. The first-order chi connectivity index (χ1) is 5.93. The molecule has 0 unspecified atom stereocenters. The van der Waals surface area contributed by atoms with Gasteiger partial charge in [-0.2, -0.15) is 0 Å². The Bertz CT molecular complexity index is 232. The van der Waals surface area contributed by atoms with Gasteiger partial charge in [-0.3, -0.25) is 4.79 Å². The predicted octanol–water partition coefficient (Wildman–Crippen LogP) is -1.03. The zero-order valence-electron chi connectivity index (χ0n) is 7.10. The Morgan fingerprint density at radius 3 is 2.07 bits per heavy atom. The van der Waals surface area contributed by atoms with Crippen LogP contribution < -0.4 is 11.1 Å². The van der Waals surface area contributed by atoms with Crippen LogP contribution in [0.15, 0.2) is 0 Å². The first-order valence-electron chi connectivity index (χ1n) is 3.44. The minimum atomic E-state index is -1.31. The van der Waals surface area contributed by atoms with Gasteiger partial charge in [0.25, 0.3) is 0 Å². The second-order valence-corrected chi connectivity index (χ2v) is 2.33. The van der Waals surface area contributed by atoms with Crippen molar-refractivity contribution >= 4 is 18.0 Å². The number of carboxylic acid groups (broad SMARTS) is 2. The third kappa shape index (κ3) is 7.39. The number of carbonyl (C=O) groups is 3. The number of carbonyl (C=O) groups excluding carboxylic acids is 1. The fraction of sp³-hybridized carbons (Fsp3) is 0.500. The molecule has 80 valence electrons. The van der Waals surface area contributed by atoms with E-state index in [9.17, 15) is 14.4 Å². The maximum atomic E-state index is 10.4. The van der Waals surface area contributed by atoms with Crippen LogP contribution in [-0.2, 0) is 27.0 Å². The number of amides is 2. The van der Waals surface area contributed by atoms with Gasteiger partial charge in [-0.25, -0.2) is 9.59 Å². The first kappa shape index (κ1) is 15.2. The number of rotatable bonds is 5. The van der Waals surface area contributed by atoms with Crippen LogP contribution in [0.2, 0.25) is 0 Å². The van der Waals surface area contributed by atoms with E-state index in [1.54, 1.807) is 0 Å². The van der Waals surface area contributed by atoms with Crippen molar-refractivity contribution in [3.8, 4) is 0 Å². The fourth-order valence-electron chi connectivity index (χ4n) is 0.697. The zero-order chi connectivity index (χ0) is 10.4. The van der Waals surface area contributed by atoms with E-state index in [1.807, 2.05) is 5.32 Å². The van der Waals surface area contributed by atoms with E-state index in [4.69, 9.17) is 10.2 Å². The SMILES string of the molecule is NC(=O)N[C@@H](CCC(=O)O)C(=O)O.[Cr]. The number of aliphatic carboxylic acids is 2. The molecule has 0 spiro atoms. The molecule has 0 aliphatic carbocycles. The molecule has 0 saturated carbocycles. The van der Waals surface area contributed by atoms with Crippen LogP contribution in [0.3, 0.4) is 0 Å². The molecule has 0 aliphatic heterocycles. The van der Waals surface area contributed by atoms with Gasteiger partial charge in [0.15, 0.2) is 0 Å². The molecule has 0 aromatic carbocycles. The van der Waals surface area contributed by atoms with E-state index in [1.165, 1.54) is 0 Å². The molecular formula is C6H10CrN2O5. The summed E-state index contributed by atoms with van der Waals surface area (Å²) in [6.07, 6.45) is -0.523. The maximum absolute atomic E-state index is 10.4. The summed E-state index contributed by atoms with van der Waals surface area (Å²) in [6, 6.07) is -2.23. The average Bonchev–Trinajstić information content (AvgIpc) is 1.96. The Balaban J connectivity index is 0. The Kier molecular flexibility index (Phi) is 7.80. The summed E-state index contributed by atoms with van der Waals surface area (Å²) in [5.74, 6) is -2.43. The van der Waals surface area contributed by atoms with Gasteiger partial charge in [0.1, 0.15) is 6.04 Å². The summed E-state index contributed by atoms with van der Waals surface area (Å²) >= 11 is 0. The van der Waals surface area contributed by atoms with E-state index in [0.717, 1.165) is 0 Å². The average molecular weight is 242 g/mol. The largest absolute Gasteiger partial charge is 0.481 e. The molecule has 2 amide bonds. The smallest absolute Gasteiger partial charge is 0.326 e. The molecule has 1 atom stereocenters. The standard InChI is InChI=1S/C6H10N2O5.Cr/c7-6(13)8-3(5(11)12)1-2-4(9)10;/h3H,1-2H2,(H,9,10)(H,11,12)(H3,7,8,13);/t3-;/m0./s1. The van der Waals surface area contributed by atoms with Crippen molar-refractivity contribution in [3.63, 3.8) is 0 Å². The van der Waals surface area contributed by atoms with Crippen LogP contribution in [0.25, 0.3) is 0 Å². The molecule has 0 radical (unpaired) electrons. The van der Waals surface area contributed by atoms with Crippen molar-refractivity contribution in [3.05, 3.63) is 0 Å². The van der Waals surface area contributed by atoms with Gasteiger partial charge >= 0.3 is 18.0 Å². The molecular weight excluding hydrogens is 232 g/mol. The Morgan fingerprint density at radius 1 is 1.29 bits per heavy atom. The summed E-state index contributed by atoms with van der Waals surface area (Å²) in [5.41, 5.74) is 4.68. The molecule has 0 heterocycles. The van der Waals surface area contributed by atoms with Crippen molar-refractivity contribution in [2.75, 3.05) is 0 Å². The quantitative estimate of drug-likeness (QED) is 0.489. The van der Waals surface area contributed by atoms with Crippen LogP contribution in [-0.4, -0.2) is 34.2 Å². The summed E-state index contributed by atoms with van der Waals surface area (Å²) in [6.45, 7) is 0. The minimum Gasteiger partial charge on any atom is -0.481 e. The summed E-state index contributed by atoms with van der Waals surface area (Å²) in [4.78, 5) is 30.7. The van der Waals surface area contributed by atoms with Gasteiger partial charge in [0.05, 0.1) is 0 Å². The number of nitrogens with one attached hydrogen (secondary N) is 1. The van der Waals surface area contributed by atoms with Crippen molar-refractivity contribution in [2.24, 2.45) is 5.73 Å². The molecule has 0 saturated heterocycles. The Hall–Kier alpha value is -1.26. The van der Waals surface area contributed by atoms with Gasteiger partial charge in [0, 0.05) is 23.8 Å². The molecule has 0 bridgehead atoms. The van der Waals surface area contributed by atoms with Gasteiger partial charge in [-0.1, -0.05) is 0 Å². The summed E-state index contributed by atoms with van der Waals surface area (Å²) < 4.78 is 0. The van der Waals surface area contributed by atoms with Crippen LogP contribution in [0.4, 0.5) is 4.79 Å². The van der Waals surface area contributed by atoms with E-state index < -0.39 is 24.0 Å². The molecule has 0 fully saturated rings. The number of nitrogens with two attached hydrogens (primary N) is 1. The van der Waals surface area contributed by atoms with E-state index in [-0.39, 0.29) is 30.2 Å². The Morgan fingerprint density at radius 2 is 1.79 bits per heavy atom. The van der Waals surface area contributed by atoms with Gasteiger partial charge in [0.2, 0.25) is 0 Å². The zero-order valence-corrected chi connectivity index (χ0v) is 8.37. The number of hydrogen-bond acceptors (Lipinski definition) is 3. The number of hydrogen-bond donors (Lipinski definition) is 4. The normalized spacial score (nSPS) is 10.9. The molecule has 0 rings (SSSR count). The monoisotopic (exact) mass is 242 g/mol. The van der Waals surface area contributed by atoms with E-state index >= 15 is 0 Å². The maximum Gasteiger partial charge on any atom is 0.326 e. The first-order valence-corrected chi connectivity index (χ1v) is 3.44. The van der Waals surface area contributed by atoms with Crippen molar-refractivity contribution in [1.29, 1.82) is 0 Å². The Labute approximate surface area is 90.4 Å². The van der Waals surface area contributed by atoms with Crippen molar-refractivity contribution in [1.82, 2.24) is 5.32 Å². The second kappa shape index (κ2) is 7.18. The summed E-state index contributed by atoms with van der Waals surface area (Å²) in [7, 11) is 0. The number of carboxylic acids is 2. The van der Waals surface area contributed by atoms with Crippen molar-refractivity contribution < 1.29 is 42.0 Å². The van der Waals surface area contributed by atoms with Gasteiger partial charge in [-0.15, -0.1) is 0 Å². The van der Waals surface area contributed by atoms with Crippen LogP contribution in [0, 0.1) is 0 Å². The molecule has 7 nitrogen and oxygen atoms in total. The van der Waals surface area contributed by atoms with Gasteiger partial charge < -0.3 is 21.3 Å². The third-order valence-electron chi connectivity index (χ3n) is 1.26. The molecule has 0 aliphatic rings. The summed E-state index contributed by atoms with van der Waals surface area (Å²) in [5, 5.41) is 18.6. The van der Waals surface area contributed by atoms with E-state index in [2.05, 4.69) is 5.73 Å². The number of urea groups is 1. The molecule has 0 aromatic rings. The molecule has 5 N–H and O–H groups in total. The second-order valence-electron chi connectivity index (χ2n) is 2.33. The van der Waals surface area contributed by atoms with Gasteiger partial charge in [-0.05, 0) is 6.42 Å². The third-order valence-corrected chi connectivity index (χ3v) is 1.26. The van der Waals surface area contributed by atoms with E-state index in [0.29, 0.717) is 0 Å². The topological polar surface area (TPSA) is 130 Å². The molecule has 0 aromatic heterocycles.